The van der Waals surface area contributed by atoms with Gasteiger partial charge in [-0.25, -0.2) is 0 Å². The average molecular weight is 550 g/mol. The van der Waals surface area contributed by atoms with Crippen LogP contribution in [0.5, 0.6) is 5.75 Å². The van der Waals surface area contributed by atoms with Crippen molar-refractivity contribution >= 4 is 17.7 Å². The molecule has 1 aromatic rings. The molecule has 2 aliphatic carbocycles. The summed E-state index contributed by atoms with van der Waals surface area (Å²) in [4.78, 5) is 43.9. The first-order valence-corrected chi connectivity index (χ1v) is 15.3. The van der Waals surface area contributed by atoms with E-state index in [2.05, 4.69) is 10.6 Å². The maximum atomic E-state index is 14.3. The number of rotatable bonds is 8. The Morgan fingerprint density at radius 3 is 2.12 bits per heavy atom. The first-order valence-electron chi connectivity index (χ1n) is 15.3. The Labute approximate surface area is 237 Å². The highest BCUT2D eigenvalue weighted by molar-refractivity contribution is 6.00. The summed E-state index contributed by atoms with van der Waals surface area (Å²) in [6.07, 6.45) is 15.1. The van der Waals surface area contributed by atoms with E-state index in [1.54, 1.807) is 12.0 Å². The van der Waals surface area contributed by atoms with Gasteiger partial charge in [0.2, 0.25) is 17.7 Å². The summed E-state index contributed by atoms with van der Waals surface area (Å²) in [5.41, 5.74) is -1.00. The lowest BCUT2D eigenvalue weighted by molar-refractivity contribution is -0.145. The molecule has 4 fully saturated rings. The number of fused-ring (bicyclic) bond motifs is 1. The molecule has 5 aliphatic rings. The zero-order valence-electron chi connectivity index (χ0n) is 23.8. The second kappa shape index (κ2) is 10.8. The van der Waals surface area contributed by atoms with E-state index < -0.39 is 29.1 Å². The van der Waals surface area contributed by atoms with Crippen molar-refractivity contribution in [3.63, 3.8) is 0 Å². The largest absolute Gasteiger partial charge is 0.497 e. The van der Waals surface area contributed by atoms with Crippen LogP contribution in [0.1, 0.15) is 76.7 Å². The Balaban J connectivity index is 1.28. The molecule has 2 bridgehead atoms. The molecule has 8 nitrogen and oxygen atoms in total. The highest BCUT2D eigenvalue weighted by Gasteiger charge is 2.76. The van der Waals surface area contributed by atoms with Crippen molar-refractivity contribution in [2.24, 2.45) is 11.8 Å². The summed E-state index contributed by atoms with van der Waals surface area (Å²) >= 11 is 0. The number of carbonyl (C=O) groups excluding carboxylic acids is 3. The summed E-state index contributed by atoms with van der Waals surface area (Å²) in [5.74, 6) is -1.06. The van der Waals surface area contributed by atoms with Crippen LogP contribution < -0.4 is 15.4 Å². The second-order valence-corrected chi connectivity index (χ2v) is 12.6. The number of hydrogen-bond acceptors (Lipinski definition) is 5. The van der Waals surface area contributed by atoms with Crippen LogP contribution in [0.25, 0.3) is 0 Å². The Bertz CT molecular complexity index is 1160. The number of hydrogen-bond donors (Lipinski definition) is 2. The molecule has 216 valence electrons. The lowest BCUT2D eigenvalue weighted by atomic mass is 9.70. The molecule has 3 heterocycles. The third kappa shape index (κ3) is 4.72. The molecule has 2 saturated carbocycles. The summed E-state index contributed by atoms with van der Waals surface area (Å²) in [5, 5.41) is 6.53. The standard InChI is InChI=1S/C32H43N3O5/c1-31-18-19-32(40-31)26(25(31)28(36)33-22-9-5-3-6-10-22)30(38)35(20-17-21-13-15-24(39-2)16-14-21)27(32)29(37)34-23-11-7-4-8-12-23/h13-16,18-19,22-23,25-27H,3-12,17,20H2,1-2H3,(H,33,36)(H,34,37)/t25-,26-,27+,31+,32-/m0/s1. The normalized spacial score (nSPS) is 33.7. The van der Waals surface area contributed by atoms with Gasteiger partial charge in [-0.1, -0.05) is 62.8 Å². The molecular formula is C32H43N3O5. The minimum absolute atomic E-state index is 0.110. The van der Waals surface area contributed by atoms with Gasteiger partial charge in [0.25, 0.3) is 0 Å². The lowest BCUT2D eigenvalue weighted by Crippen LogP contribution is -2.57. The molecule has 5 atom stereocenters. The zero-order valence-corrected chi connectivity index (χ0v) is 23.8. The molecule has 0 unspecified atom stereocenters. The van der Waals surface area contributed by atoms with Crippen LogP contribution in [-0.4, -0.2) is 65.6 Å². The number of amides is 3. The van der Waals surface area contributed by atoms with Gasteiger partial charge in [-0.05, 0) is 56.7 Å². The van der Waals surface area contributed by atoms with Crippen molar-refractivity contribution < 1.29 is 23.9 Å². The van der Waals surface area contributed by atoms with E-state index in [1.807, 2.05) is 43.3 Å². The van der Waals surface area contributed by atoms with E-state index in [1.165, 1.54) is 12.8 Å². The van der Waals surface area contributed by atoms with Crippen LogP contribution in [0, 0.1) is 11.8 Å². The van der Waals surface area contributed by atoms with Crippen LogP contribution in [-0.2, 0) is 25.5 Å². The van der Waals surface area contributed by atoms with E-state index >= 15 is 0 Å². The Morgan fingerprint density at radius 2 is 1.52 bits per heavy atom. The van der Waals surface area contributed by atoms with E-state index in [4.69, 9.17) is 9.47 Å². The molecule has 0 radical (unpaired) electrons. The van der Waals surface area contributed by atoms with Crippen LogP contribution in [0.4, 0.5) is 0 Å². The SMILES string of the molecule is COc1ccc(CCN2C(=O)[C@@H]3[C@@H](C(=O)NC4CCCCC4)[C@@]4(C)C=C[C@@]3(O4)[C@H]2C(=O)NC2CCCCC2)cc1. The molecule has 3 amide bonds. The predicted octanol–water partition coefficient (Wildman–Crippen LogP) is 3.68. The fourth-order valence-corrected chi connectivity index (χ4v) is 7.98. The maximum absolute atomic E-state index is 14.3. The van der Waals surface area contributed by atoms with Gasteiger partial charge in [-0.2, -0.15) is 0 Å². The molecule has 3 aliphatic heterocycles. The van der Waals surface area contributed by atoms with E-state index in [9.17, 15) is 14.4 Å². The monoisotopic (exact) mass is 549 g/mol. The van der Waals surface area contributed by atoms with Gasteiger partial charge >= 0.3 is 0 Å². The minimum atomic E-state index is -1.14. The molecule has 1 spiro atoms. The number of methoxy groups -OCH3 is 1. The first kappa shape index (κ1) is 27.3. The summed E-state index contributed by atoms with van der Waals surface area (Å²) < 4.78 is 12.0. The number of nitrogens with one attached hydrogen (secondary N) is 2. The topological polar surface area (TPSA) is 97.0 Å². The fraction of sp³-hybridized carbons (Fsp3) is 0.656. The average Bonchev–Trinajstić information content (AvgIpc) is 3.53. The van der Waals surface area contributed by atoms with Crippen LogP contribution in [0.15, 0.2) is 36.4 Å². The van der Waals surface area contributed by atoms with Gasteiger partial charge in [0, 0.05) is 18.6 Å². The molecule has 2 saturated heterocycles. The summed E-state index contributed by atoms with van der Waals surface area (Å²) in [6, 6.07) is 7.22. The Kier molecular flexibility index (Phi) is 7.40. The molecule has 2 N–H and O–H groups in total. The quantitative estimate of drug-likeness (QED) is 0.483. The van der Waals surface area contributed by atoms with Gasteiger partial charge in [0.15, 0.2) is 0 Å². The number of benzene rings is 1. The van der Waals surface area contributed by atoms with Crippen molar-refractivity contribution in [3.8, 4) is 5.75 Å². The van der Waals surface area contributed by atoms with Gasteiger partial charge in [-0.3, -0.25) is 14.4 Å². The van der Waals surface area contributed by atoms with E-state index in [0.29, 0.717) is 13.0 Å². The highest BCUT2D eigenvalue weighted by atomic mass is 16.5. The number of carbonyl (C=O) groups is 3. The maximum Gasteiger partial charge on any atom is 0.246 e. The molecule has 0 aromatic heterocycles. The van der Waals surface area contributed by atoms with Crippen molar-refractivity contribution in [1.82, 2.24) is 15.5 Å². The lowest BCUT2D eigenvalue weighted by Gasteiger charge is -2.34. The molecule has 6 rings (SSSR count). The van der Waals surface area contributed by atoms with Gasteiger partial charge in [-0.15, -0.1) is 0 Å². The number of likely N-dealkylation sites (tertiary alicyclic amines) is 1. The highest BCUT2D eigenvalue weighted by Crippen LogP contribution is 2.59. The van der Waals surface area contributed by atoms with Gasteiger partial charge in [0.05, 0.1) is 24.5 Å². The molecule has 40 heavy (non-hydrogen) atoms. The summed E-state index contributed by atoms with van der Waals surface area (Å²) in [7, 11) is 1.63. The Hall–Kier alpha value is -2.87. The molecular weight excluding hydrogens is 506 g/mol. The van der Waals surface area contributed by atoms with Gasteiger partial charge < -0.3 is 25.0 Å². The minimum Gasteiger partial charge on any atom is -0.497 e. The fourth-order valence-electron chi connectivity index (χ4n) is 7.98. The van der Waals surface area contributed by atoms with Crippen LogP contribution in [0.3, 0.4) is 0 Å². The predicted molar refractivity (Wildman–Crippen MR) is 151 cm³/mol. The third-order valence-electron chi connectivity index (χ3n) is 10.0. The summed E-state index contributed by atoms with van der Waals surface area (Å²) in [6.45, 7) is 2.27. The third-order valence-corrected chi connectivity index (χ3v) is 10.0. The number of ether oxygens (including phenoxy) is 2. The number of nitrogens with zero attached hydrogens (tertiary/aromatic N) is 1. The Morgan fingerprint density at radius 1 is 0.925 bits per heavy atom. The van der Waals surface area contributed by atoms with Crippen molar-refractivity contribution in [2.75, 3.05) is 13.7 Å². The van der Waals surface area contributed by atoms with Crippen LogP contribution in [0.2, 0.25) is 0 Å². The zero-order chi connectivity index (χ0) is 27.9. The van der Waals surface area contributed by atoms with Crippen molar-refractivity contribution in [2.45, 2.75) is 107 Å². The second-order valence-electron chi connectivity index (χ2n) is 12.6. The van der Waals surface area contributed by atoms with E-state index in [-0.39, 0.29) is 29.8 Å². The van der Waals surface area contributed by atoms with Crippen molar-refractivity contribution in [3.05, 3.63) is 42.0 Å². The molecule has 1 aromatic carbocycles. The van der Waals surface area contributed by atoms with E-state index in [0.717, 1.165) is 62.7 Å². The smallest absolute Gasteiger partial charge is 0.246 e. The van der Waals surface area contributed by atoms with Crippen LogP contribution >= 0.6 is 0 Å². The molecule has 8 heteroatoms. The first-order chi connectivity index (χ1) is 19.3. The van der Waals surface area contributed by atoms with Gasteiger partial charge in [0.1, 0.15) is 17.4 Å². The van der Waals surface area contributed by atoms with Crippen molar-refractivity contribution in [1.29, 1.82) is 0 Å².